The van der Waals surface area contributed by atoms with E-state index in [9.17, 15) is 0 Å². The van der Waals surface area contributed by atoms with Gasteiger partial charge >= 0.3 is 0 Å². The third kappa shape index (κ3) is 3.87. The summed E-state index contributed by atoms with van der Waals surface area (Å²) in [7, 11) is 1.64. The number of nitrogens with one attached hydrogen (secondary N) is 2. The molecule has 152 valence electrons. The Kier molecular flexibility index (Phi) is 4.75. The van der Waals surface area contributed by atoms with Gasteiger partial charge in [-0.2, -0.15) is 0 Å². The SMILES string of the molecule is COc1cnc(Nc2nc(C)cc3[nH]ccc23)cc1OCCCN1CC2CC2C1. The molecule has 0 radical (unpaired) electrons. The summed E-state index contributed by atoms with van der Waals surface area (Å²) < 4.78 is 11.5. The first-order valence-electron chi connectivity index (χ1n) is 10.3. The third-order valence-corrected chi connectivity index (χ3v) is 5.90. The number of pyridine rings is 2. The molecule has 1 saturated heterocycles. The van der Waals surface area contributed by atoms with Crippen molar-refractivity contribution in [2.24, 2.45) is 11.8 Å². The summed E-state index contributed by atoms with van der Waals surface area (Å²) in [6.07, 6.45) is 6.06. The summed E-state index contributed by atoms with van der Waals surface area (Å²) in [6, 6.07) is 5.92. The Bertz CT molecular complexity index is 1010. The molecule has 0 bridgehead atoms. The highest BCUT2D eigenvalue weighted by atomic mass is 16.5. The third-order valence-electron chi connectivity index (χ3n) is 5.90. The Morgan fingerprint density at radius 2 is 2.10 bits per heavy atom. The number of hydrogen-bond donors (Lipinski definition) is 2. The van der Waals surface area contributed by atoms with E-state index in [2.05, 4.69) is 25.2 Å². The van der Waals surface area contributed by atoms with Crippen molar-refractivity contribution < 1.29 is 9.47 Å². The number of ether oxygens (including phenoxy) is 2. The van der Waals surface area contributed by atoms with Crippen LogP contribution in [0.15, 0.2) is 30.6 Å². The monoisotopic (exact) mass is 393 g/mol. The number of anilines is 2. The Hall–Kier alpha value is -2.80. The summed E-state index contributed by atoms with van der Waals surface area (Å²) in [6.45, 7) is 6.29. The number of aromatic amines is 1. The van der Waals surface area contributed by atoms with Gasteiger partial charge in [0, 0.05) is 43.0 Å². The lowest BCUT2D eigenvalue weighted by molar-refractivity contribution is 0.243. The van der Waals surface area contributed by atoms with E-state index in [0.717, 1.165) is 47.2 Å². The van der Waals surface area contributed by atoms with E-state index in [1.54, 1.807) is 13.3 Å². The van der Waals surface area contributed by atoms with E-state index in [1.807, 2.05) is 31.3 Å². The molecule has 4 heterocycles. The zero-order chi connectivity index (χ0) is 19.8. The average Bonchev–Trinajstić information content (AvgIpc) is 3.10. The first-order chi connectivity index (χ1) is 14.2. The molecule has 1 saturated carbocycles. The molecule has 5 rings (SSSR count). The van der Waals surface area contributed by atoms with Crippen LogP contribution >= 0.6 is 0 Å². The van der Waals surface area contributed by atoms with Gasteiger partial charge in [0.25, 0.3) is 0 Å². The molecule has 0 aromatic carbocycles. The van der Waals surface area contributed by atoms with Crippen molar-refractivity contribution in [1.29, 1.82) is 0 Å². The van der Waals surface area contributed by atoms with E-state index in [4.69, 9.17) is 9.47 Å². The maximum absolute atomic E-state index is 6.04. The van der Waals surface area contributed by atoms with Crippen LogP contribution in [-0.2, 0) is 0 Å². The predicted octanol–water partition coefficient (Wildman–Crippen LogP) is 3.74. The molecule has 2 unspecified atom stereocenters. The summed E-state index contributed by atoms with van der Waals surface area (Å²) in [4.78, 5) is 14.9. The number of piperidine rings is 1. The van der Waals surface area contributed by atoms with Crippen molar-refractivity contribution >= 4 is 22.5 Å². The van der Waals surface area contributed by atoms with Crippen LogP contribution in [0.1, 0.15) is 18.5 Å². The van der Waals surface area contributed by atoms with Gasteiger partial charge in [-0.3, -0.25) is 0 Å². The Labute approximate surface area is 170 Å². The van der Waals surface area contributed by atoms with Crippen molar-refractivity contribution in [3.8, 4) is 11.5 Å². The lowest BCUT2D eigenvalue weighted by Crippen LogP contribution is -2.25. The molecule has 29 heavy (non-hydrogen) atoms. The standard InChI is InChI=1S/C22H27N5O2/c1-14-8-18-17(4-5-23-18)22(25-14)26-21-10-19(20(28-2)11-24-21)29-7-3-6-27-12-15-9-16(15)13-27/h4-5,8,10-11,15-16,23H,3,6-7,9,12-13H2,1-2H3,(H,24,25,26). The fourth-order valence-corrected chi connectivity index (χ4v) is 4.31. The van der Waals surface area contributed by atoms with E-state index >= 15 is 0 Å². The number of hydrogen-bond acceptors (Lipinski definition) is 6. The highest BCUT2D eigenvalue weighted by Gasteiger charge is 2.44. The number of methoxy groups -OCH3 is 1. The second-order valence-corrected chi connectivity index (χ2v) is 8.11. The summed E-state index contributed by atoms with van der Waals surface area (Å²) in [5.74, 6) is 4.76. The van der Waals surface area contributed by atoms with Gasteiger partial charge in [0.15, 0.2) is 11.5 Å². The minimum atomic E-state index is 0.641. The van der Waals surface area contributed by atoms with Crippen molar-refractivity contribution in [2.45, 2.75) is 19.8 Å². The molecule has 3 aromatic heterocycles. The molecule has 2 fully saturated rings. The first-order valence-corrected chi connectivity index (χ1v) is 10.3. The maximum atomic E-state index is 6.04. The number of H-pyrrole nitrogens is 1. The van der Waals surface area contributed by atoms with Crippen LogP contribution in [0.3, 0.4) is 0 Å². The number of rotatable bonds is 8. The number of nitrogens with zero attached hydrogens (tertiary/aromatic N) is 3. The molecule has 2 atom stereocenters. The van der Waals surface area contributed by atoms with Crippen LogP contribution in [0, 0.1) is 18.8 Å². The van der Waals surface area contributed by atoms with Gasteiger partial charge in [0.2, 0.25) is 0 Å². The summed E-state index contributed by atoms with van der Waals surface area (Å²) >= 11 is 0. The fraction of sp³-hybridized carbons (Fsp3) is 0.455. The molecule has 7 heteroatoms. The molecule has 2 N–H and O–H groups in total. The van der Waals surface area contributed by atoms with Gasteiger partial charge in [-0.1, -0.05) is 0 Å². The van der Waals surface area contributed by atoms with Crippen LogP contribution in [0.5, 0.6) is 11.5 Å². The second kappa shape index (κ2) is 7.55. The molecule has 1 aliphatic carbocycles. The highest BCUT2D eigenvalue weighted by molar-refractivity contribution is 5.91. The van der Waals surface area contributed by atoms with Gasteiger partial charge in [0.1, 0.15) is 11.6 Å². The maximum Gasteiger partial charge on any atom is 0.179 e. The average molecular weight is 393 g/mol. The zero-order valence-electron chi connectivity index (χ0n) is 16.9. The van der Waals surface area contributed by atoms with E-state index in [-0.39, 0.29) is 0 Å². The zero-order valence-corrected chi connectivity index (χ0v) is 16.9. The smallest absolute Gasteiger partial charge is 0.179 e. The van der Waals surface area contributed by atoms with Gasteiger partial charge in [-0.05, 0) is 43.7 Å². The van der Waals surface area contributed by atoms with Gasteiger partial charge < -0.3 is 24.7 Å². The molecule has 1 aliphatic heterocycles. The van der Waals surface area contributed by atoms with Crippen LogP contribution < -0.4 is 14.8 Å². The molecule has 3 aromatic rings. The fourth-order valence-electron chi connectivity index (χ4n) is 4.31. The quantitative estimate of drug-likeness (QED) is 0.568. The summed E-state index contributed by atoms with van der Waals surface area (Å²) in [5.41, 5.74) is 1.98. The largest absolute Gasteiger partial charge is 0.491 e. The van der Waals surface area contributed by atoms with Gasteiger partial charge in [0.05, 0.1) is 25.4 Å². The van der Waals surface area contributed by atoms with Crippen LogP contribution in [0.2, 0.25) is 0 Å². The van der Waals surface area contributed by atoms with Crippen LogP contribution in [0.4, 0.5) is 11.6 Å². The minimum absolute atomic E-state index is 0.641. The van der Waals surface area contributed by atoms with E-state index in [0.29, 0.717) is 23.9 Å². The number of likely N-dealkylation sites (tertiary alicyclic amines) is 1. The Morgan fingerprint density at radius 3 is 2.93 bits per heavy atom. The minimum Gasteiger partial charge on any atom is -0.491 e. The Morgan fingerprint density at radius 1 is 1.24 bits per heavy atom. The molecule has 2 aliphatic rings. The van der Waals surface area contributed by atoms with Crippen molar-refractivity contribution in [2.75, 3.05) is 38.7 Å². The van der Waals surface area contributed by atoms with Crippen molar-refractivity contribution in [3.05, 3.63) is 36.3 Å². The van der Waals surface area contributed by atoms with Crippen molar-refractivity contribution in [1.82, 2.24) is 19.9 Å². The van der Waals surface area contributed by atoms with Crippen LogP contribution in [-0.4, -0.2) is 53.2 Å². The second-order valence-electron chi connectivity index (χ2n) is 8.11. The van der Waals surface area contributed by atoms with E-state index in [1.165, 1.54) is 19.5 Å². The Balaban J connectivity index is 1.25. The van der Waals surface area contributed by atoms with Crippen molar-refractivity contribution in [3.63, 3.8) is 0 Å². The number of aryl methyl sites for hydroxylation is 1. The highest BCUT2D eigenvalue weighted by Crippen LogP contribution is 2.44. The molecule has 0 amide bonds. The lowest BCUT2D eigenvalue weighted by Gasteiger charge is -2.17. The normalized spacial score (nSPS) is 20.6. The predicted molar refractivity (Wildman–Crippen MR) is 113 cm³/mol. The number of fused-ring (bicyclic) bond motifs is 2. The van der Waals surface area contributed by atoms with Gasteiger partial charge in [-0.25, -0.2) is 9.97 Å². The molecule has 7 nitrogen and oxygen atoms in total. The number of aromatic nitrogens is 3. The van der Waals surface area contributed by atoms with Gasteiger partial charge in [-0.15, -0.1) is 0 Å². The summed E-state index contributed by atoms with van der Waals surface area (Å²) in [5, 5.41) is 4.35. The topological polar surface area (TPSA) is 75.3 Å². The molecule has 0 spiro atoms. The van der Waals surface area contributed by atoms with E-state index < -0.39 is 0 Å². The lowest BCUT2D eigenvalue weighted by atomic mass is 10.2. The van der Waals surface area contributed by atoms with Crippen LogP contribution in [0.25, 0.3) is 10.9 Å². The molecular weight excluding hydrogens is 366 g/mol. The molecular formula is C22H27N5O2. The first kappa shape index (κ1) is 18.2.